The molecule has 4 nitrogen and oxygen atoms in total. The molecule has 2 saturated carbocycles. The molecule has 0 spiro atoms. The Morgan fingerprint density at radius 2 is 1.23 bits per heavy atom. The maximum atomic E-state index is 10.1. The molecule has 77 heavy (non-hydrogen) atoms. The monoisotopic (exact) mass is 1040 g/mol. The molecule has 4 heterocycles. The SMILES string of the molecule is [2H]C1(c2ccc3c(c2)sc2nc4c(-c5ccc6c(c5)C(C)(C)C(C)(C)c5cccc([Si](C)(c7ccccc7)c7ccc8/c(c7)=c7/cccc/c7=c7\nccc\c7=c7/cccc/c7=8)c5O6)c(C5([2H])CCCC5)ccc4n23)CCCC1. The van der Waals surface area contributed by atoms with Gasteiger partial charge in [0.2, 0.25) is 0 Å². The van der Waals surface area contributed by atoms with Gasteiger partial charge in [0, 0.05) is 46.9 Å². The number of thiazole rings is 1. The fourth-order valence-corrected chi connectivity index (χ4v) is 18.9. The van der Waals surface area contributed by atoms with Gasteiger partial charge in [0.25, 0.3) is 0 Å². The highest BCUT2D eigenvalue weighted by Gasteiger charge is 2.48. The second kappa shape index (κ2) is 17.6. The highest BCUT2D eigenvalue weighted by Crippen LogP contribution is 2.54. The molecule has 0 N–H and O–H groups in total. The predicted octanol–water partition coefficient (Wildman–Crippen LogP) is 16.0. The second-order valence-electron chi connectivity index (χ2n) is 23.5. The fourth-order valence-electron chi connectivity index (χ4n) is 14.1. The van der Waals surface area contributed by atoms with Crippen molar-refractivity contribution < 1.29 is 7.48 Å². The van der Waals surface area contributed by atoms with Crippen LogP contribution in [0.5, 0.6) is 11.5 Å². The molecule has 4 aliphatic rings. The highest BCUT2D eigenvalue weighted by atomic mass is 32.1. The van der Waals surface area contributed by atoms with Gasteiger partial charge < -0.3 is 4.74 Å². The normalized spacial score (nSPS) is 20.4. The molecule has 15 rings (SSSR count). The zero-order valence-electron chi connectivity index (χ0n) is 46.6. The maximum absolute atomic E-state index is 10.1. The lowest BCUT2D eigenvalue weighted by Crippen LogP contribution is -2.65. The molecule has 0 amide bonds. The van der Waals surface area contributed by atoms with Crippen LogP contribution < -0.4 is 20.3 Å². The molecular weight excluding hydrogens is 971 g/mol. The summed E-state index contributed by atoms with van der Waals surface area (Å²) in [6, 6.07) is 65.4. The van der Waals surface area contributed by atoms with Crippen LogP contribution in [0.1, 0.15) is 116 Å². The van der Waals surface area contributed by atoms with Crippen LogP contribution in [-0.2, 0) is 10.8 Å². The van der Waals surface area contributed by atoms with Crippen molar-refractivity contribution in [2.24, 2.45) is 0 Å². The Balaban J connectivity index is 0.940. The number of rotatable bonds is 6. The Morgan fingerprint density at radius 3 is 2.01 bits per heavy atom. The molecule has 1 unspecified atom stereocenters. The van der Waals surface area contributed by atoms with Gasteiger partial charge >= 0.3 is 0 Å². The summed E-state index contributed by atoms with van der Waals surface area (Å²) in [5.41, 5.74) is 9.01. The lowest BCUT2D eigenvalue weighted by atomic mass is 9.61. The number of ether oxygens (including phenoxy) is 1. The number of aromatic nitrogens is 3. The number of hydrogen-bond donors (Lipinski definition) is 0. The standard InChI is InChI=1S/C71H63N3OSSi/c1-70(2)58-30-17-31-64(77(5,48-23-7-6-8-24-48)49-34-35-54-51-25-13-14-26-52(51)56-29-18-40-72-66(56)55-28-16-15-27-53(55)57(54)43-49)68(58)75-62-39-33-47(41-59(62)71(70,3)4)65-50(45-21-11-12-22-45)36-38-61-67(65)73-69-74(61)60-37-32-46(42-63(60)76-69)44-19-9-10-20-44/h6-8,13-18,23-45H,9-12,19-22H2,1-5H3/b54-51-,56-52-,57-53-,66-55+/i44D,45D. The first-order valence-electron chi connectivity index (χ1n) is 29.0. The van der Waals surface area contributed by atoms with Gasteiger partial charge in [-0.15, -0.1) is 0 Å². The molecule has 1 atom stereocenters. The van der Waals surface area contributed by atoms with E-state index in [0.717, 1.165) is 128 Å². The van der Waals surface area contributed by atoms with Crippen molar-refractivity contribution in [1.82, 2.24) is 14.4 Å². The van der Waals surface area contributed by atoms with Crippen LogP contribution in [0.25, 0.3) is 37.3 Å². The van der Waals surface area contributed by atoms with E-state index < -0.39 is 30.7 Å². The predicted molar refractivity (Wildman–Crippen MR) is 320 cm³/mol. The zero-order chi connectivity index (χ0) is 53.6. The van der Waals surface area contributed by atoms with Gasteiger partial charge in [0.15, 0.2) is 4.96 Å². The summed E-state index contributed by atoms with van der Waals surface area (Å²) in [6.07, 6.45) is 9.76. The van der Waals surface area contributed by atoms with Crippen molar-refractivity contribution in [3.63, 3.8) is 0 Å². The van der Waals surface area contributed by atoms with Crippen molar-refractivity contribution >= 4 is 61.2 Å². The highest BCUT2D eigenvalue weighted by molar-refractivity contribution is 7.23. The Morgan fingerprint density at radius 1 is 0.571 bits per heavy atom. The van der Waals surface area contributed by atoms with E-state index in [1.165, 1.54) is 51.9 Å². The van der Waals surface area contributed by atoms with Crippen LogP contribution in [0, 0.1) is 41.9 Å². The van der Waals surface area contributed by atoms with Crippen molar-refractivity contribution in [3.05, 3.63) is 246 Å². The first-order valence-corrected chi connectivity index (χ1v) is 31.3. The molecule has 6 heteroatoms. The smallest absolute Gasteiger partial charge is 0.195 e. The first kappa shape index (κ1) is 44.7. The van der Waals surface area contributed by atoms with E-state index in [1.807, 2.05) is 6.20 Å². The van der Waals surface area contributed by atoms with Crippen LogP contribution in [0.4, 0.5) is 0 Å². The van der Waals surface area contributed by atoms with E-state index in [2.05, 4.69) is 215 Å². The molecule has 1 aliphatic heterocycles. The average Bonchev–Trinajstić information content (AvgIpc) is 4.38. The summed E-state index contributed by atoms with van der Waals surface area (Å²) in [7, 11) is -2.93. The Bertz CT molecular complexity index is 4790. The topological polar surface area (TPSA) is 39.4 Å². The van der Waals surface area contributed by atoms with Crippen LogP contribution in [-0.4, -0.2) is 22.4 Å². The van der Waals surface area contributed by atoms with Crippen LogP contribution in [0.2, 0.25) is 6.55 Å². The number of hydrogen-bond acceptors (Lipinski definition) is 4. The van der Waals surface area contributed by atoms with E-state index in [0.29, 0.717) is 0 Å². The van der Waals surface area contributed by atoms with Crippen molar-refractivity contribution in [2.45, 2.75) is 108 Å². The third-order valence-electron chi connectivity index (χ3n) is 19.1. The van der Waals surface area contributed by atoms with Gasteiger partial charge in [-0.2, -0.15) is 0 Å². The number of para-hydroxylation sites is 1. The van der Waals surface area contributed by atoms with Crippen molar-refractivity contribution in [2.75, 3.05) is 0 Å². The largest absolute Gasteiger partial charge is 0.457 e. The van der Waals surface area contributed by atoms with Gasteiger partial charge in [-0.1, -0.05) is 211 Å². The lowest BCUT2D eigenvalue weighted by Gasteiger charge is -2.42. The maximum Gasteiger partial charge on any atom is 0.195 e. The van der Waals surface area contributed by atoms with Crippen molar-refractivity contribution in [3.8, 4) is 22.6 Å². The molecule has 3 aromatic heterocycles. The molecule has 11 aromatic rings. The third-order valence-corrected chi connectivity index (χ3v) is 24.5. The van der Waals surface area contributed by atoms with Gasteiger partial charge in [0.05, 0.1) is 26.6 Å². The quantitative estimate of drug-likeness (QED) is 0.123. The number of nitrogens with zero attached hydrogens (tertiary/aromatic N) is 3. The Kier molecular flexibility index (Phi) is 10.2. The van der Waals surface area contributed by atoms with Crippen molar-refractivity contribution in [1.29, 1.82) is 0 Å². The summed E-state index contributed by atoms with van der Waals surface area (Å²) in [5.74, 6) is 0.601. The van der Waals surface area contributed by atoms with E-state index >= 15 is 0 Å². The number of benzene rings is 8. The summed E-state index contributed by atoms with van der Waals surface area (Å²) in [6.45, 7) is 12.1. The van der Waals surface area contributed by atoms with Crippen LogP contribution >= 0.6 is 11.3 Å². The Labute approximate surface area is 457 Å². The summed E-state index contributed by atoms with van der Waals surface area (Å²) in [5, 5.41) is 13.1. The third kappa shape index (κ3) is 7.00. The molecule has 2 fully saturated rings. The minimum Gasteiger partial charge on any atom is -0.457 e. The minimum atomic E-state index is -2.93. The fraction of sp³-hybridized carbons (Fsp3) is 0.239. The number of pyridine rings is 1. The van der Waals surface area contributed by atoms with Crippen LogP contribution in [0.3, 0.4) is 0 Å². The van der Waals surface area contributed by atoms with E-state index in [4.69, 9.17) is 14.7 Å². The van der Waals surface area contributed by atoms with E-state index in [-0.39, 0.29) is 0 Å². The van der Waals surface area contributed by atoms with E-state index in [9.17, 15) is 2.74 Å². The molecule has 378 valence electrons. The van der Waals surface area contributed by atoms with Gasteiger partial charge in [-0.05, 0) is 132 Å². The first-order chi connectivity index (χ1) is 38.3. The minimum absolute atomic E-state index is 0.398. The number of fused-ring (bicyclic) bond motifs is 11. The molecule has 0 bridgehead atoms. The van der Waals surface area contributed by atoms with E-state index in [1.54, 1.807) is 11.3 Å². The van der Waals surface area contributed by atoms with Gasteiger partial charge in [0.1, 0.15) is 19.6 Å². The summed E-state index contributed by atoms with van der Waals surface area (Å²) >= 11 is 1.72. The van der Waals surface area contributed by atoms with Gasteiger partial charge in [-0.3, -0.25) is 9.38 Å². The molecule has 0 saturated heterocycles. The molecule has 8 aromatic carbocycles. The average molecular weight is 1040 g/mol. The Hall–Kier alpha value is -7.38. The second-order valence-corrected chi connectivity index (χ2v) is 28.4. The molecule has 3 aliphatic carbocycles. The van der Waals surface area contributed by atoms with Gasteiger partial charge in [-0.25, -0.2) is 4.98 Å². The zero-order valence-corrected chi connectivity index (χ0v) is 46.5. The number of imidazole rings is 1. The lowest BCUT2D eigenvalue weighted by molar-refractivity contribution is 0.306. The summed E-state index contributed by atoms with van der Waals surface area (Å²) in [4.78, 5) is 11.6. The molecular formula is C71H63N3OSSi. The molecule has 0 radical (unpaired) electrons. The summed E-state index contributed by atoms with van der Waals surface area (Å²) < 4.78 is 30.6. The van der Waals surface area contributed by atoms with Crippen LogP contribution in [0.15, 0.2) is 182 Å².